The molecule has 8 heteroatoms. The summed E-state index contributed by atoms with van der Waals surface area (Å²) in [5.41, 5.74) is 0. The summed E-state index contributed by atoms with van der Waals surface area (Å²) in [7, 11) is -1.91. The van der Waals surface area contributed by atoms with Crippen molar-refractivity contribution in [3.63, 3.8) is 0 Å². The fraction of sp³-hybridized carbons (Fsp3) is 0.833. The van der Waals surface area contributed by atoms with Crippen LogP contribution in [0.4, 0.5) is 0 Å². The van der Waals surface area contributed by atoms with Gasteiger partial charge in [-0.1, -0.05) is 6.92 Å². The van der Waals surface area contributed by atoms with E-state index in [0.29, 0.717) is 32.6 Å². The number of esters is 1. The van der Waals surface area contributed by atoms with Gasteiger partial charge in [0.15, 0.2) is 0 Å². The molecule has 1 saturated heterocycles. The number of hydrogen-bond donors (Lipinski definition) is 0. The van der Waals surface area contributed by atoms with Crippen LogP contribution in [0, 0.1) is 0 Å². The second-order valence-corrected chi connectivity index (χ2v) is 6.76. The summed E-state index contributed by atoms with van der Waals surface area (Å²) in [5, 5.41) is 0. The third-order valence-corrected chi connectivity index (χ3v) is 5.29. The Morgan fingerprint density at radius 2 is 1.70 bits per heavy atom. The molecule has 0 aliphatic carbocycles. The Morgan fingerprint density at radius 3 is 2.20 bits per heavy atom. The lowest BCUT2D eigenvalue weighted by Crippen LogP contribution is -2.51. The maximum absolute atomic E-state index is 11.9. The van der Waals surface area contributed by atoms with Crippen LogP contribution in [-0.2, 0) is 24.3 Å². The van der Waals surface area contributed by atoms with E-state index in [4.69, 9.17) is 0 Å². The minimum absolute atomic E-state index is 0.0592. The van der Waals surface area contributed by atoms with Crippen LogP contribution in [-0.4, -0.2) is 68.5 Å². The van der Waals surface area contributed by atoms with Crippen molar-refractivity contribution in [2.24, 2.45) is 0 Å². The predicted molar refractivity (Wildman–Crippen MR) is 73.5 cm³/mol. The molecule has 116 valence electrons. The van der Waals surface area contributed by atoms with E-state index in [1.54, 1.807) is 4.90 Å². The van der Waals surface area contributed by atoms with Gasteiger partial charge >= 0.3 is 5.97 Å². The van der Waals surface area contributed by atoms with E-state index in [-0.39, 0.29) is 24.5 Å². The zero-order valence-corrected chi connectivity index (χ0v) is 12.8. The molecule has 0 aromatic rings. The van der Waals surface area contributed by atoms with Crippen molar-refractivity contribution in [3.8, 4) is 0 Å². The lowest BCUT2D eigenvalue weighted by Gasteiger charge is -2.34. The van der Waals surface area contributed by atoms with Crippen LogP contribution in [0.3, 0.4) is 0 Å². The molecule has 1 aliphatic heterocycles. The fourth-order valence-corrected chi connectivity index (χ4v) is 3.57. The molecule has 0 spiro atoms. The normalized spacial score (nSPS) is 17.0. The van der Waals surface area contributed by atoms with Crippen LogP contribution in [0.1, 0.15) is 26.2 Å². The van der Waals surface area contributed by atoms with Gasteiger partial charge in [-0.2, -0.15) is 4.31 Å². The fourth-order valence-electron chi connectivity index (χ4n) is 2.07. The van der Waals surface area contributed by atoms with E-state index >= 15 is 0 Å². The Balaban J connectivity index is 2.42. The second-order valence-electron chi connectivity index (χ2n) is 4.67. The molecule has 1 rings (SSSR count). The van der Waals surface area contributed by atoms with Gasteiger partial charge in [0.05, 0.1) is 19.3 Å². The van der Waals surface area contributed by atoms with Crippen molar-refractivity contribution in [2.45, 2.75) is 26.2 Å². The lowest BCUT2D eigenvalue weighted by atomic mass is 10.2. The summed E-state index contributed by atoms with van der Waals surface area (Å²) in [6.45, 7) is 3.23. The quantitative estimate of drug-likeness (QED) is 0.636. The van der Waals surface area contributed by atoms with Gasteiger partial charge in [0.2, 0.25) is 15.9 Å². The van der Waals surface area contributed by atoms with Crippen molar-refractivity contribution in [1.82, 2.24) is 9.21 Å². The van der Waals surface area contributed by atoms with Gasteiger partial charge in [0.1, 0.15) is 0 Å². The summed E-state index contributed by atoms with van der Waals surface area (Å²) < 4.78 is 29.7. The van der Waals surface area contributed by atoms with Gasteiger partial charge in [0, 0.05) is 32.6 Å². The highest BCUT2D eigenvalue weighted by Gasteiger charge is 2.28. The summed E-state index contributed by atoms with van der Waals surface area (Å²) in [6, 6.07) is 0. The van der Waals surface area contributed by atoms with Crippen LogP contribution in [0.15, 0.2) is 0 Å². The van der Waals surface area contributed by atoms with Gasteiger partial charge in [-0.05, 0) is 6.42 Å². The van der Waals surface area contributed by atoms with Gasteiger partial charge in [-0.3, -0.25) is 9.59 Å². The summed E-state index contributed by atoms with van der Waals surface area (Å²) >= 11 is 0. The molecule has 0 N–H and O–H groups in total. The third kappa shape index (κ3) is 4.75. The van der Waals surface area contributed by atoms with Gasteiger partial charge in [0.25, 0.3) is 0 Å². The van der Waals surface area contributed by atoms with E-state index in [1.807, 2.05) is 6.92 Å². The minimum atomic E-state index is -3.19. The third-order valence-electron chi connectivity index (χ3n) is 3.22. The van der Waals surface area contributed by atoms with Crippen LogP contribution in [0.5, 0.6) is 0 Å². The Bertz CT molecular complexity index is 441. The molecule has 0 radical (unpaired) electrons. The number of sulfonamides is 1. The second kappa shape index (κ2) is 7.58. The smallest absolute Gasteiger partial charge is 0.306 e. The first-order valence-electron chi connectivity index (χ1n) is 6.73. The minimum Gasteiger partial charge on any atom is -0.469 e. The van der Waals surface area contributed by atoms with Gasteiger partial charge in [-0.15, -0.1) is 0 Å². The highest BCUT2D eigenvalue weighted by molar-refractivity contribution is 7.89. The average Bonchev–Trinajstić information content (AvgIpc) is 2.44. The molecule has 20 heavy (non-hydrogen) atoms. The first-order valence-corrected chi connectivity index (χ1v) is 8.34. The van der Waals surface area contributed by atoms with Crippen molar-refractivity contribution in [3.05, 3.63) is 0 Å². The number of methoxy groups -OCH3 is 1. The maximum Gasteiger partial charge on any atom is 0.306 e. The molecule has 7 nitrogen and oxygen atoms in total. The van der Waals surface area contributed by atoms with E-state index < -0.39 is 16.0 Å². The Hall–Kier alpha value is -1.15. The molecule has 1 aliphatic rings. The summed E-state index contributed by atoms with van der Waals surface area (Å²) in [5.74, 6) is -0.408. The van der Waals surface area contributed by atoms with E-state index in [2.05, 4.69) is 4.74 Å². The average molecular weight is 306 g/mol. The Labute approximate surface area is 119 Å². The van der Waals surface area contributed by atoms with Gasteiger partial charge < -0.3 is 9.64 Å². The number of carbonyl (C=O) groups excluding carboxylic acids is 2. The van der Waals surface area contributed by atoms with Gasteiger partial charge in [-0.25, -0.2) is 8.42 Å². The van der Waals surface area contributed by atoms with Crippen molar-refractivity contribution < 1.29 is 22.7 Å². The van der Waals surface area contributed by atoms with Crippen molar-refractivity contribution >= 4 is 21.9 Å². The molecule has 1 heterocycles. The van der Waals surface area contributed by atoms with Crippen LogP contribution >= 0.6 is 0 Å². The number of rotatable bonds is 6. The largest absolute Gasteiger partial charge is 0.469 e. The zero-order chi connectivity index (χ0) is 15.2. The zero-order valence-electron chi connectivity index (χ0n) is 12.0. The molecule has 0 saturated carbocycles. The highest BCUT2D eigenvalue weighted by Crippen LogP contribution is 2.10. The molecule has 1 fully saturated rings. The summed E-state index contributed by atoms with van der Waals surface area (Å²) in [4.78, 5) is 24.4. The van der Waals surface area contributed by atoms with Crippen molar-refractivity contribution in [1.29, 1.82) is 0 Å². The number of piperazine rings is 1. The number of carbonyl (C=O) groups is 2. The monoisotopic (exact) mass is 306 g/mol. The molecular weight excluding hydrogens is 284 g/mol. The van der Waals surface area contributed by atoms with Crippen LogP contribution < -0.4 is 0 Å². The van der Waals surface area contributed by atoms with E-state index in [0.717, 1.165) is 0 Å². The van der Waals surface area contributed by atoms with Crippen molar-refractivity contribution in [2.75, 3.05) is 39.0 Å². The number of hydrogen-bond acceptors (Lipinski definition) is 5. The maximum atomic E-state index is 11.9. The topological polar surface area (TPSA) is 84.0 Å². The lowest BCUT2D eigenvalue weighted by molar-refractivity contribution is -0.143. The molecule has 0 atom stereocenters. The molecule has 0 bridgehead atoms. The van der Waals surface area contributed by atoms with Crippen LogP contribution in [0.25, 0.3) is 0 Å². The molecule has 0 aromatic carbocycles. The van der Waals surface area contributed by atoms with E-state index in [9.17, 15) is 18.0 Å². The number of ether oxygens (including phenoxy) is 1. The number of amides is 1. The molecular formula is C12H22N2O5S. The van der Waals surface area contributed by atoms with E-state index in [1.165, 1.54) is 11.4 Å². The number of nitrogens with zero attached hydrogens (tertiary/aromatic N) is 2. The molecule has 1 amide bonds. The molecule has 0 unspecified atom stereocenters. The SMILES string of the molecule is CCCS(=O)(=O)N1CCN(C(=O)CCC(=O)OC)CC1. The first-order chi connectivity index (χ1) is 9.40. The first kappa shape index (κ1) is 16.9. The Kier molecular flexibility index (Phi) is 6.41. The molecule has 0 aromatic heterocycles. The standard InChI is InChI=1S/C12H22N2O5S/c1-3-10-20(17,18)14-8-6-13(7-9-14)11(15)4-5-12(16)19-2/h3-10H2,1-2H3. The van der Waals surface area contributed by atoms with Crippen LogP contribution in [0.2, 0.25) is 0 Å². The summed E-state index contributed by atoms with van der Waals surface area (Å²) in [6.07, 6.45) is 0.749. The highest BCUT2D eigenvalue weighted by atomic mass is 32.2. The Morgan fingerprint density at radius 1 is 1.10 bits per heavy atom. The predicted octanol–water partition coefficient (Wildman–Crippen LogP) is -0.176.